The van der Waals surface area contributed by atoms with E-state index < -0.39 is 11.7 Å². The highest BCUT2D eigenvalue weighted by molar-refractivity contribution is 5.82. The van der Waals surface area contributed by atoms with E-state index in [9.17, 15) is 13.2 Å². The van der Waals surface area contributed by atoms with Gasteiger partial charge in [0.1, 0.15) is 0 Å². The van der Waals surface area contributed by atoms with Crippen LogP contribution < -0.4 is 0 Å². The normalized spacial score (nSPS) is 11.8. The van der Waals surface area contributed by atoms with E-state index in [1.165, 1.54) is 12.3 Å². The van der Waals surface area contributed by atoms with Crippen LogP contribution in [0.15, 0.2) is 60.8 Å². The van der Waals surface area contributed by atoms with Gasteiger partial charge in [-0.05, 0) is 29.7 Å². The van der Waals surface area contributed by atoms with E-state index in [-0.39, 0.29) is 5.52 Å². The molecule has 0 bridgehead atoms. The third-order valence-electron chi connectivity index (χ3n) is 3.32. The fraction of sp³-hybridized carbons (Fsp3) is 0.118. The first-order valence-electron chi connectivity index (χ1n) is 6.53. The Balaban J connectivity index is 2.02. The molecule has 106 valence electrons. The number of pyridine rings is 1. The number of nitrogens with zero attached hydrogens (tertiary/aromatic N) is 1. The predicted molar refractivity (Wildman–Crippen MR) is 76.0 cm³/mol. The van der Waals surface area contributed by atoms with Crippen LogP contribution in [0, 0.1) is 0 Å². The Bertz CT molecular complexity index is 764. The molecule has 4 heteroatoms. The van der Waals surface area contributed by atoms with Gasteiger partial charge in [0.2, 0.25) is 0 Å². The van der Waals surface area contributed by atoms with Crippen LogP contribution in [0.5, 0.6) is 0 Å². The van der Waals surface area contributed by atoms with Gasteiger partial charge in [-0.3, -0.25) is 4.98 Å². The van der Waals surface area contributed by atoms with Crippen molar-refractivity contribution in [1.82, 2.24) is 4.98 Å². The molecule has 3 aromatic rings. The monoisotopic (exact) mass is 287 g/mol. The molecule has 21 heavy (non-hydrogen) atoms. The van der Waals surface area contributed by atoms with Crippen LogP contribution in [0.3, 0.4) is 0 Å². The molecule has 1 aromatic heterocycles. The average Bonchev–Trinajstić information content (AvgIpc) is 2.46. The van der Waals surface area contributed by atoms with Crippen molar-refractivity contribution in [2.24, 2.45) is 0 Å². The standard InChI is InChI=1S/C17H12F3N/c18-17(19,20)15-8-4-7-14-10-13(11-21-16(14)15)9-12-5-2-1-3-6-12/h1-8,10-11H,9H2. The lowest BCUT2D eigenvalue weighted by Gasteiger charge is -2.10. The van der Waals surface area contributed by atoms with Crippen molar-refractivity contribution < 1.29 is 13.2 Å². The van der Waals surface area contributed by atoms with Crippen molar-refractivity contribution >= 4 is 10.9 Å². The Hall–Kier alpha value is -2.36. The number of hydrogen-bond acceptors (Lipinski definition) is 1. The van der Waals surface area contributed by atoms with E-state index in [2.05, 4.69) is 4.98 Å². The van der Waals surface area contributed by atoms with Crippen LogP contribution in [0.4, 0.5) is 13.2 Å². The van der Waals surface area contributed by atoms with Gasteiger partial charge in [0.05, 0.1) is 11.1 Å². The van der Waals surface area contributed by atoms with E-state index in [0.717, 1.165) is 17.2 Å². The summed E-state index contributed by atoms with van der Waals surface area (Å²) in [6, 6.07) is 15.7. The molecule has 3 rings (SSSR count). The smallest absolute Gasteiger partial charge is 0.255 e. The second-order valence-corrected chi connectivity index (χ2v) is 4.88. The summed E-state index contributed by atoms with van der Waals surface area (Å²) in [5.74, 6) is 0. The van der Waals surface area contributed by atoms with Crippen LogP contribution in [0.2, 0.25) is 0 Å². The third-order valence-corrected chi connectivity index (χ3v) is 3.32. The molecule has 2 aromatic carbocycles. The number of rotatable bonds is 2. The number of benzene rings is 2. The Morgan fingerprint density at radius 1 is 0.857 bits per heavy atom. The fourth-order valence-corrected chi connectivity index (χ4v) is 2.36. The van der Waals surface area contributed by atoms with Crippen LogP contribution in [0.25, 0.3) is 10.9 Å². The van der Waals surface area contributed by atoms with Gasteiger partial charge in [0.25, 0.3) is 0 Å². The van der Waals surface area contributed by atoms with Gasteiger partial charge in [-0.25, -0.2) is 0 Å². The van der Waals surface area contributed by atoms with E-state index in [4.69, 9.17) is 0 Å². The van der Waals surface area contributed by atoms with Crippen molar-refractivity contribution in [3.8, 4) is 0 Å². The first-order chi connectivity index (χ1) is 10.0. The maximum atomic E-state index is 12.9. The number of fused-ring (bicyclic) bond motifs is 1. The highest BCUT2D eigenvalue weighted by Crippen LogP contribution is 2.33. The minimum absolute atomic E-state index is 0.00168. The summed E-state index contributed by atoms with van der Waals surface area (Å²) in [6.45, 7) is 0. The van der Waals surface area contributed by atoms with Crippen molar-refractivity contribution in [1.29, 1.82) is 0 Å². The average molecular weight is 287 g/mol. The molecule has 1 nitrogen and oxygen atoms in total. The van der Waals surface area contributed by atoms with Gasteiger partial charge in [-0.2, -0.15) is 13.2 Å². The van der Waals surface area contributed by atoms with Crippen molar-refractivity contribution in [3.05, 3.63) is 77.5 Å². The lowest BCUT2D eigenvalue weighted by molar-refractivity contribution is -0.136. The summed E-state index contributed by atoms with van der Waals surface area (Å²) in [6.07, 6.45) is -2.21. The number of hydrogen-bond donors (Lipinski definition) is 0. The van der Waals surface area contributed by atoms with Gasteiger partial charge >= 0.3 is 6.18 Å². The van der Waals surface area contributed by atoms with E-state index in [1.807, 2.05) is 30.3 Å². The zero-order valence-electron chi connectivity index (χ0n) is 11.1. The number of aromatic nitrogens is 1. The lowest BCUT2D eigenvalue weighted by atomic mass is 10.0. The van der Waals surface area contributed by atoms with Gasteiger partial charge < -0.3 is 0 Å². The zero-order valence-corrected chi connectivity index (χ0v) is 11.1. The van der Waals surface area contributed by atoms with Gasteiger partial charge in [-0.15, -0.1) is 0 Å². The Labute approximate surface area is 120 Å². The molecule has 0 fully saturated rings. The maximum absolute atomic E-state index is 12.9. The SMILES string of the molecule is FC(F)(F)c1cccc2cc(Cc3ccccc3)cnc12. The molecule has 0 unspecified atom stereocenters. The van der Waals surface area contributed by atoms with Gasteiger partial charge in [0.15, 0.2) is 0 Å². The summed E-state index contributed by atoms with van der Waals surface area (Å²) in [4.78, 5) is 4.02. The molecule has 0 amide bonds. The molecule has 0 saturated heterocycles. The van der Waals surface area contributed by atoms with Crippen LogP contribution in [-0.4, -0.2) is 4.98 Å². The van der Waals surface area contributed by atoms with Crippen molar-refractivity contribution in [2.75, 3.05) is 0 Å². The topological polar surface area (TPSA) is 12.9 Å². The van der Waals surface area contributed by atoms with E-state index >= 15 is 0 Å². The molecule has 1 heterocycles. The summed E-state index contributed by atoms with van der Waals surface area (Å²) in [7, 11) is 0. The van der Waals surface area contributed by atoms with Crippen LogP contribution in [0.1, 0.15) is 16.7 Å². The Kier molecular flexibility index (Phi) is 3.37. The number of alkyl halides is 3. The molecule has 0 spiro atoms. The van der Waals surface area contributed by atoms with Crippen molar-refractivity contribution in [2.45, 2.75) is 12.6 Å². The second-order valence-electron chi connectivity index (χ2n) is 4.88. The van der Waals surface area contributed by atoms with Crippen LogP contribution >= 0.6 is 0 Å². The molecule has 0 aliphatic heterocycles. The molecule has 0 atom stereocenters. The molecule has 0 aliphatic rings. The molecule has 0 N–H and O–H groups in total. The predicted octanol–water partition coefficient (Wildman–Crippen LogP) is 4.84. The first-order valence-corrected chi connectivity index (χ1v) is 6.53. The maximum Gasteiger partial charge on any atom is 0.418 e. The van der Waals surface area contributed by atoms with E-state index in [1.54, 1.807) is 12.1 Å². The summed E-state index contributed by atoms with van der Waals surface area (Å²) >= 11 is 0. The largest absolute Gasteiger partial charge is 0.418 e. The zero-order chi connectivity index (χ0) is 14.9. The fourth-order valence-electron chi connectivity index (χ4n) is 2.36. The summed E-state index contributed by atoms with van der Waals surface area (Å²) < 4.78 is 38.8. The van der Waals surface area contributed by atoms with Gasteiger partial charge in [-0.1, -0.05) is 42.5 Å². The molecule has 0 radical (unpaired) electrons. The minimum atomic E-state index is -4.38. The van der Waals surface area contributed by atoms with Gasteiger partial charge in [0, 0.05) is 11.6 Å². The number of para-hydroxylation sites is 1. The minimum Gasteiger partial charge on any atom is -0.255 e. The van der Waals surface area contributed by atoms with E-state index in [0.29, 0.717) is 11.8 Å². The molecule has 0 saturated carbocycles. The Morgan fingerprint density at radius 2 is 1.62 bits per heavy atom. The van der Waals surface area contributed by atoms with Crippen molar-refractivity contribution in [3.63, 3.8) is 0 Å². The quantitative estimate of drug-likeness (QED) is 0.657. The summed E-state index contributed by atoms with van der Waals surface area (Å²) in [5.41, 5.74) is 1.31. The number of halogens is 3. The second kappa shape index (κ2) is 5.20. The van der Waals surface area contributed by atoms with Crippen LogP contribution in [-0.2, 0) is 12.6 Å². The highest BCUT2D eigenvalue weighted by Gasteiger charge is 2.32. The lowest BCUT2D eigenvalue weighted by Crippen LogP contribution is -2.06. The highest BCUT2D eigenvalue weighted by atomic mass is 19.4. The molecular weight excluding hydrogens is 275 g/mol. The Morgan fingerprint density at radius 3 is 2.33 bits per heavy atom. The third kappa shape index (κ3) is 2.89. The molecule has 0 aliphatic carbocycles. The molecular formula is C17H12F3N. The summed E-state index contributed by atoms with van der Waals surface area (Å²) in [5, 5.41) is 0.512. The first kappa shape index (κ1) is 13.6.